The molecule has 2 aromatic rings. The van der Waals surface area contributed by atoms with Gasteiger partial charge >= 0.3 is 0 Å². The van der Waals surface area contributed by atoms with Gasteiger partial charge in [-0.25, -0.2) is 0 Å². The second-order valence-electron chi connectivity index (χ2n) is 7.64. The molecule has 1 aliphatic rings. The molecule has 0 aromatic heterocycles. The fourth-order valence-electron chi connectivity index (χ4n) is 3.68. The van der Waals surface area contributed by atoms with Crippen LogP contribution in [0, 0.1) is 10.1 Å². The normalized spacial score (nSPS) is 13.9. The van der Waals surface area contributed by atoms with Crippen LogP contribution >= 0.6 is 0 Å². The minimum atomic E-state index is -0.521. The number of hydrogen-bond acceptors (Lipinski definition) is 7. The number of benzene rings is 2. The molecule has 0 atom stereocenters. The topological polar surface area (TPSA) is 114 Å². The summed E-state index contributed by atoms with van der Waals surface area (Å²) in [5, 5.41) is 13.4. The molecule has 0 aliphatic carbocycles. The standard InChI is InChI=1S/C23H28N4O6/c1-32-20-7-8-21(33-2)18(15-20)16-25-11-13-26(14-12-25)22(28)9-10-24-23(29)17-3-5-19(6-4-17)27(30)31/h3-8,15H,9-14,16H2,1-2H3,(H,24,29). The number of nitrogens with one attached hydrogen (secondary N) is 1. The van der Waals surface area contributed by atoms with E-state index < -0.39 is 4.92 Å². The van der Waals surface area contributed by atoms with Crippen molar-refractivity contribution in [1.82, 2.24) is 15.1 Å². The maximum Gasteiger partial charge on any atom is 0.269 e. The molecule has 1 fully saturated rings. The molecule has 1 N–H and O–H groups in total. The highest BCUT2D eigenvalue weighted by Crippen LogP contribution is 2.25. The van der Waals surface area contributed by atoms with Gasteiger partial charge in [-0.05, 0) is 30.3 Å². The zero-order chi connectivity index (χ0) is 23.8. The first-order valence-corrected chi connectivity index (χ1v) is 10.6. The number of nitro groups is 1. The van der Waals surface area contributed by atoms with E-state index in [1.165, 1.54) is 24.3 Å². The van der Waals surface area contributed by atoms with Gasteiger partial charge in [0.1, 0.15) is 11.5 Å². The number of amides is 2. The number of rotatable bonds is 9. The summed E-state index contributed by atoms with van der Waals surface area (Å²) in [6.45, 7) is 3.61. The molecule has 1 heterocycles. The summed E-state index contributed by atoms with van der Waals surface area (Å²) in [5.41, 5.74) is 1.27. The fraction of sp³-hybridized carbons (Fsp3) is 0.391. The van der Waals surface area contributed by atoms with Crippen LogP contribution in [0.15, 0.2) is 42.5 Å². The molecule has 0 bridgehead atoms. The van der Waals surface area contributed by atoms with Gasteiger partial charge in [0.25, 0.3) is 11.6 Å². The number of carbonyl (C=O) groups is 2. The van der Waals surface area contributed by atoms with Crippen molar-refractivity contribution in [2.75, 3.05) is 46.9 Å². The average Bonchev–Trinajstić information content (AvgIpc) is 2.84. The first-order chi connectivity index (χ1) is 15.9. The van der Waals surface area contributed by atoms with Gasteiger partial charge in [0.05, 0.1) is 19.1 Å². The van der Waals surface area contributed by atoms with Gasteiger partial charge < -0.3 is 19.7 Å². The quantitative estimate of drug-likeness (QED) is 0.454. The molecule has 1 saturated heterocycles. The lowest BCUT2D eigenvalue weighted by Gasteiger charge is -2.35. The van der Waals surface area contributed by atoms with Crippen LogP contribution in [-0.2, 0) is 11.3 Å². The predicted molar refractivity (Wildman–Crippen MR) is 121 cm³/mol. The largest absolute Gasteiger partial charge is 0.497 e. The Morgan fingerprint density at radius 3 is 2.33 bits per heavy atom. The van der Waals surface area contributed by atoms with E-state index in [0.29, 0.717) is 25.2 Å². The summed E-state index contributed by atoms with van der Waals surface area (Å²) in [6.07, 6.45) is 0.197. The van der Waals surface area contributed by atoms with Crippen LogP contribution in [0.4, 0.5) is 5.69 Å². The van der Waals surface area contributed by atoms with Crippen LogP contribution < -0.4 is 14.8 Å². The van der Waals surface area contributed by atoms with Crippen molar-refractivity contribution in [1.29, 1.82) is 0 Å². The minimum absolute atomic E-state index is 0.0161. The van der Waals surface area contributed by atoms with Crippen LogP contribution in [0.3, 0.4) is 0 Å². The zero-order valence-corrected chi connectivity index (χ0v) is 18.8. The monoisotopic (exact) mass is 456 g/mol. The summed E-state index contributed by atoms with van der Waals surface area (Å²) in [5.74, 6) is 1.20. The number of ether oxygens (including phenoxy) is 2. The highest BCUT2D eigenvalue weighted by Gasteiger charge is 2.22. The molecule has 0 radical (unpaired) electrons. The predicted octanol–water partition coefficient (Wildman–Crippen LogP) is 2.08. The number of non-ortho nitro benzene ring substituents is 1. The molecule has 2 aromatic carbocycles. The van der Waals surface area contributed by atoms with E-state index in [-0.39, 0.29) is 30.5 Å². The number of hydrogen-bond donors (Lipinski definition) is 1. The van der Waals surface area contributed by atoms with Gasteiger partial charge in [-0.15, -0.1) is 0 Å². The van der Waals surface area contributed by atoms with Crippen molar-refractivity contribution in [3.05, 3.63) is 63.7 Å². The number of piperazine rings is 1. The summed E-state index contributed by atoms with van der Waals surface area (Å²) in [4.78, 5) is 38.9. The Labute approximate surface area is 192 Å². The fourth-order valence-corrected chi connectivity index (χ4v) is 3.68. The lowest BCUT2D eigenvalue weighted by Crippen LogP contribution is -2.48. The lowest BCUT2D eigenvalue weighted by atomic mass is 10.1. The Morgan fingerprint density at radius 1 is 1.03 bits per heavy atom. The number of nitro benzene ring substituents is 1. The molecule has 33 heavy (non-hydrogen) atoms. The minimum Gasteiger partial charge on any atom is -0.497 e. The first-order valence-electron chi connectivity index (χ1n) is 10.6. The summed E-state index contributed by atoms with van der Waals surface area (Å²) in [7, 11) is 3.27. The average molecular weight is 456 g/mol. The highest BCUT2D eigenvalue weighted by molar-refractivity contribution is 5.94. The third kappa shape index (κ3) is 6.42. The Kier molecular flexibility index (Phi) is 8.20. The van der Waals surface area contributed by atoms with E-state index in [1.807, 2.05) is 18.2 Å². The molecule has 176 valence electrons. The van der Waals surface area contributed by atoms with E-state index in [2.05, 4.69) is 10.2 Å². The van der Waals surface area contributed by atoms with Crippen molar-refractivity contribution in [3.63, 3.8) is 0 Å². The van der Waals surface area contributed by atoms with E-state index in [4.69, 9.17) is 9.47 Å². The Hall–Kier alpha value is -3.66. The molecule has 3 rings (SSSR count). The molecule has 2 amide bonds. The molecule has 10 nitrogen and oxygen atoms in total. The SMILES string of the molecule is COc1ccc(OC)c(CN2CCN(C(=O)CCNC(=O)c3ccc([N+](=O)[O-])cc3)CC2)c1. The molecule has 0 spiro atoms. The van der Waals surface area contributed by atoms with Gasteiger partial charge in [0.2, 0.25) is 5.91 Å². The smallest absolute Gasteiger partial charge is 0.269 e. The van der Waals surface area contributed by atoms with Crippen LogP contribution in [0.1, 0.15) is 22.3 Å². The molecule has 1 aliphatic heterocycles. The van der Waals surface area contributed by atoms with Gasteiger partial charge in [0, 0.05) is 68.9 Å². The molecular formula is C23H28N4O6. The van der Waals surface area contributed by atoms with E-state index in [9.17, 15) is 19.7 Å². The Morgan fingerprint density at radius 2 is 1.73 bits per heavy atom. The third-order valence-electron chi connectivity index (χ3n) is 5.57. The van der Waals surface area contributed by atoms with Gasteiger partial charge in [0.15, 0.2) is 0 Å². The van der Waals surface area contributed by atoms with E-state index in [0.717, 1.165) is 30.2 Å². The Bertz CT molecular complexity index is 987. The number of carbonyl (C=O) groups excluding carboxylic acids is 2. The van der Waals surface area contributed by atoms with Crippen molar-refractivity contribution in [2.24, 2.45) is 0 Å². The van der Waals surface area contributed by atoms with Crippen LogP contribution in [0.2, 0.25) is 0 Å². The van der Waals surface area contributed by atoms with Crippen LogP contribution in [0.5, 0.6) is 11.5 Å². The number of methoxy groups -OCH3 is 2. The zero-order valence-electron chi connectivity index (χ0n) is 18.8. The van der Waals surface area contributed by atoms with E-state index >= 15 is 0 Å². The Balaban J connectivity index is 1.42. The van der Waals surface area contributed by atoms with Gasteiger partial charge in [-0.3, -0.25) is 24.6 Å². The maximum absolute atomic E-state index is 12.5. The van der Waals surface area contributed by atoms with Gasteiger partial charge in [-0.1, -0.05) is 0 Å². The number of nitrogens with zero attached hydrogens (tertiary/aromatic N) is 3. The lowest BCUT2D eigenvalue weighted by molar-refractivity contribution is -0.384. The first kappa shape index (κ1) is 24.0. The van der Waals surface area contributed by atoms with Crippen molar-refractivity contribution < 1.29 is 24.0 Å². The molecule has 0 saturated carbocycles. The molecule has 0 unspecified atom stereocenters. The maximum atomic E-state index is 12.5. The second-order valence-corrected chi connectivity index (χ2v) is 7.64. The molecule has 10 heteroatoms. The highest BCUT2D eigenvalue weighted by atomic mass is 16.6. The molecular weight excluding hydrogens is 428 g/mol. The third-order valence-corrected chi connectivity index (χ3v) is 5.57. The summed E-state index contributed by atoms with van der Waals surface area (Å²) in [6, 6.07) is 11.1. The summed E-state index contributed by atoms with van der Waals surface area (Å²) < 4.78 is 10.8. The van der Waals surface area contributed by atoms with Crippen molar-refractivity contribution >= 4 is 17.5 Å². The van der Waals surface area contributed by atoms with Crippen LogP contribution in [-0.4, -0.2) is 73.5 Å². The van der Waals surface area contributed by atoms with Crippen molar-refractivity contribution in [3.8, 4) is 11.5 Å². The summed E-state index contributed by atoms with van der Waals surface area (Å²) >= 11 is 0. The van der Waals surface area contributed by atoms with Gasteiger partial charge in [-0.2, -0.15) is 0 Å². The van der Waals surface area contributed by atoms with Crippen LogP contribution in [0.25, 0.3) is 0 Å². The van der Waals surface area contributed by atoms with Crippen molar-refractivity contribution in [2.45, 2.75) is 13.0 Å². The van der Waals surface area contributed by atoms with E-state index in [1.54, 1.807) is 19.1 Å². The second kappa shape index (κ2) is 11.3.